The Morgan fingerprint density at radius 3 is 1.80 bits per heavy atom. The average Bonchev–Trinajstić information content (AvgIpc) is 1.82. The van der Waals surface area contributed by atoms with Gasteiger partial charge in [-0.25, -0.2) is 9.97 Å². The summed E-state index contributed by atoms with van der Waals surface area (Å²) in [6.07, 6.45) is 0. The van der Waals surface area contributed by atoms with Gasteiger partial charge in [-0.2, -0.15) is 0 Å². The van der Waals surface area contributed by atoms with Gasteiger partial charge in [0.2, 0.25) is 0 Å². The first-order chi connectivity index (χ1) is 4.61. The summed E-state index contributed by atoms with van der Waals surface area (Å²) in [5.41, 5.74) is 2.15. The second kappa shape index (κ2) is 2.82. The van der Waals surface area contributed by atoms with E-state index >= 15 is 0 Å². The minimum atomic E-state index is 0.857. The Bertz CT molecular complexity index is 235. The zero-order chi connectivity index (χ0) is 7.72. The molecule has 1 rings (SSSR count). The third-order valence-electron chi connectivity index (χ3n) is 1.29. The maximum absolute atomic E-state index is 4.22. The smallest absolute Gasteiger partial charge is 0.125 e. The largest absolute Gasteiger partial charge is 0.237 e. The molecule has 0 saturated carbocycles. The van der Waals surface area contributed by atoms with Crippen LogP contribution >= 0.6 is 22.6 Å². The number of aryl methyl sites for hydroxylation is 3. The minimum Gasteiger partial charge on any atom is -0.237 e. The Labute approximate surface area is 74.2 Å². The normalized spacial score (nSPS) is 10.0. The van der Waals surface area contributed by atoms with Gasteiger partial charge in [0.15, 0.2) is 0 Å². The molecule has 0 aliphatic heterocycles. The van der Waals surface area contributed by atoms with E-state index in [0.717, 1.165) is 17.2 Å². The number of aromatic nitrogens is 2. The Hall–Kier alpha value is -0.190. The molecule has 0 amide bonds. The van der Waals surface area contributed by atoms with Crippen molar-refractivity contribution < 1.29 is 0 Å². The van der Waals surface area contributed by atoms with E-state index in [2.05, 4.69) is 32.6 Å². The molecule has 1 heterocycles. The molecular formula is C7H9IN2. The Morgan fingerprint density at radius 1 is 1.00 bits per heavy atom. The molecular weight excluding hydrogens is 239 g/mol. The van der Waals surface area contributed by atoms with Gasteiger partial charge in [-0.05, 0) is 43.4 Å². The predicted molar refractivity (Wildman–Crippen MR) is 49.0 cm³/mol. The molecule has 0 unspecified atom stereocenters. The molecule has 1 aromatic heterocycles. The van der Waals surface area contributed by atoms with E-state index in [4.69, 9.17) is 0 Å². The van der Waals surface area contributed by atoms with Crippen LogP contribution in [0.25, 0.3) is 0 Å². The SMILES string of the molecule is Cc1nc(C)c(I)c(C)n1. The Balaban J connectivity index is 3.31. The highest BCUT2D eigenvalue weighted by atomic mass is 127. The second-order valence-corrected chi connectivity index (χ2v) is 3.33. The highest BCUT2D eigenvalue weighted by molar-refractivity contribution is 14.1. The van der Waals surface area contributed by atoms with Crippen LogP contribution in [-0.2, 0) is 0 Å². The maximum atomic E-state index is 4.22. The summed E-state index contributed by atoms with van der Waals surface area (Å²) < 4.78 is 1.17. The van der Waals surface area contributed by atoms with Crippen molar-refractivity contribution in [3.05, 3.63) is 20.8 Å². The van der Waals surface area contributed by atoms with Crippen molar-refractivity contribution >= 4 is 22.6 Å². The van der Waals surface area contributed by atoms with Crippen LogP contribution in [0, 0.1) is 24.3 Å². The molecule has 0 bridgehead atoms. The lowest BCUT2D eigenvalue weighted by Gasteiger charge is -2.01. The van der Waals surface area contributed by atoms with E-state index in [1.54, 1.807) is 0 Å². The molecule has 1 aromatic rings. The van der Waals surface area contributed by atoms with Gasteiger partial charge in [-0.3, -0.25) is 0 Å². The van der Waals surface area contributed by atoms with Crippen LogP contribution in [0.4, 0.5) is 0 Å². The fraction of sp³-hybridized carbons (Fsp3) is 0.429. The first kappa shape index (κ1) is 7.91. The molecule has 0 aliphatic rings. The van der Waals surface area contributed by atoms with Crippen LogP contribution in [0.1, 0.15) is 17.2 Å². The molecule has 0 aromatic carbocycles. The fourth-order valence-electron chi connectivity index (χ4n) is 0.870. The number of rotatable bonds is 0. The van der Waals surface area contributed by atoms with Crippen molar-refractivity contribution in [2.45, 2.75) is 20.8 Å². The van der Waals surface area contributed by atoms with Crippen LogP contribution in [0.5, 0.6) is 0 Å². The summed E-state index contributed by atoms with van der Waals surface area (Å²) in [4.78, 5) is 8.43. The van der Waals surface area contributed by atoms with Crippen molar-refractivity contribution in [3.63, 3.8) is 0 Å². The second-order valence-electron chi connectivity index (χ2n) is 2.26. The van der Waals surface area contributed by atoms with E-state index in [9.17, 15) is 0 Å². The zero-order valence-electron chi connectivity index (χ0n) is 6.27. The summed E-state index contributed by atoms with van der Waals surface area (Å²) in [6, 6.07) is 0. The Kier molecular flexibility index (Phi) is 2.23. The third kappa shape index (κ3) is 1.45. The van der Waals surface area contributed by atoms with Crippen molar-refractivity contribution in [1.82, 2.24) is 9.97 Å². The number of nitrogens with zero attached hydrogens (tertiary/aromatic N) is 2. The third-order valence-corrected chi connectivity index (χ3v) is 2.86. The zero-order valence-corrected chi connectivity index (χ0v) is 8.43. The minimum absolute atomic E-state index is 0.857. The van der Waals surface area contributed by atoms with E-state index in [-0.39, 0.29) is 0 Å². The molecule has 2 nitrogen and oxygen atoms in total. The van der Waals surface area contributed by atoms with Crippen molar-refractivity contribution in [2.75, 3.05) is 0 Å². The molecule has 3 heteroatoms. The highest BCUT2D eigenvalue weighted by Gasteiger charge is 2.00. The predicted octanol–water partition coefficient (Wildman–Crippen LogP) is 2.01. The lowest BCUT2D eigenvalue weighted by Crippen LogP contribution is -1.97. The standard InChI is InChI=1S/C7H9IN2/c1-4-7(8)5(2)10-6(3)9-4/h1-3H3. The monoisotopic (exact) mass is 248 g/mol. The van der Waals surface area contributed by atoms with Gasteiger partial charge in [-0.1, -0.05) is 0 Å². The van der Waals surface area contributed by atoms with Gasteiger partial charge in [-0.15, -0.1) is 0 Å². The van der Waals surface area contributed by atoms with Crippen molar-refractivity contribution in [1.29, 1.82) is 0 Å². The molecule has 0 N–H and O–H groups in total. The molecule has 0 radical (unpaired) electrons. The summed E-state index contributed by atoms with van der Waals surface area (Å²) in [5.74, 6) is 0.857. The quantitative estimate of drug-likeness (QED) is 0.656. The van der Waals surface area contributed by atoms with Crippen LogP contribution in [-0.4, -0.2) is 9.97 Å². The van der Waals surface area contributed by atoms with Gasteiger partial charge < -0.3 is 0 Å². The van der Waals surface area contributed by atoms with E-state index in [1.807, 2.05) is 20.8 Å². The first-order valence-electron chi connectivity index (χ1n) is 3.08. The summed E-state index contributed by atoms with van der Waals surface area (Å²) >= 11 is 2.26. The van der Waals surface area contributed by atoms with Gasteiger partial charge in [0.1, 0.15) is 5.82 Å². The highest BCUT2D eigenvalue weighted by Crippen LogP contribution is 2.11. The van der Waals surface area contributed by atoms with E-state index in [1.165, 1.54) is 3.57 Å². The summed E-state index contributed by atoms with van der Waals surface area (Å²) in [6.45, 7) is 5.92. The van der Waals surface area contributed by atoms with Crippen LogP contribution in [0.3, 0.4) is 0 Å². The molecule has 10 heavy (non-hydrogen) atoms. The Morgan fingerprint density at radius 2 is 1.40 bits per heavy atom. The lowest BCUT2D eigenvalue weighted by molar-refractivity contribution is 0.960. The van der Waals surface area contributed by atoms with Crippen LogP contribution in [0.2, 0.25) is 0 Å². The molecule has 0 aliphatic carbocycles. The number of halogens is 1. The summed E-state index contributed by atoms with van der Waals surface area (Å²) in [5, 5.41) is 0. The fourth-order valence-corrected chi connectivity index (χ4v) is 1.11. The van der Waals surface area contributed by atoms with Crippen LogP contribution in [0.15, 0.2) is 0 Å². The average molecular weight is 248 g/mol. The van der Waals surface area contributed by atoms with Crippen molar-refractivity contribution in [3.8, 4) is 0 Å². The van der Waals surface area contributed by atoms with Gasteiger partial charge >= 0.3 is 0 Å². The van der Waals surface area contributed by atoms with Gasteiger partial charge in [0.05, 0.1) is 15.0 Å². The first-order valence-corrected chi connectivity index (χ1v) is 4.16. The van der Waals surface area contributed by atoms with Crippen molar-refractivity contribution in [2.24, 2.45) is 0 Å². The lowest BCUT2D eigenvalue weighted by atomic mass is 10.3. The molecule has 0 fully saturated rings. The van der Waals surface area contributed by atoms with Gasteiger partial charge in [0.25, 0.3) is 0 Å². The maximum Gasteiger partial charge on any atom is 0.125 e. The number of hydrogen-bond donors (Lipinski definition) is 0. The topological polar surface area (TPSA) is 25.8 Å². The molecule has 54 valence electrons. The number of hydrogen-bond acceptors (Lipinski definition) is 2. The summed E-state index contributed by atoms with van der Waals surface area (Å²) in [7, 11) is 0. The molecule has 0 atom stereocenters. The molecule has 0 saturated heterocycles. The molecule has 0 spiro atoms. The van der Waals surface area contributed by atoms with E-state index < -0.39 is 0 Å². The van der Waals surface area contributed by atoms with E-state index in [0.29, 0.717) is 0 Å². The van der Waals surface area contributed by atoms with Crippen LogP contribution < -0.4 is 0 Å². The van der Waals surface area contributed by atoms with Gasteiger partial charge in [0, 0.05) is 0 Å².